The van der Waals surface area contributed by atoms with E-state index in [4.69, 9.17) is 0 Å². The van der Waals surface area contributed by atoms with E-state index in [1.807, 2.05) is 6.92 Å². The fourth-order valence-corrected chi connectivity index (χ4v) is 2.30. The molecule has 2 N–H and O–H groups in total. The van der Waals surface area contributed by atoms with Crippen LogP contribution in [0, 0.1) is 5.82 Å². The highest BCUT2D eigenvalue weighted by molar-refractivity contribution is 6.06. The number of carbonyl (C=O) groups is 2. The van der Waals surface area contributed by atoms with Gasteiger partial charge in [0, 0.05) is 16.9 Å². The monoisotopic (exact) mass is 284 g/mol. The number of benzene rings is 2. The Hall–Kier alpha value is -2.69. The van der Waals surface area contributed by atoms with Crippen molar-refractivity contribution in [3.63, 3.8) is 0 Å². The minimum atomic E-state index is -0.387. The maximum absolute atomic E-state index is 12.8. The van der Waals surface area contributed by atoms with Gasteiger partial charge in [0.2, 0.25) is 5.91 Å². The molecule has 0 fully saturated rings. The molecule has 1 aliphatic heterocycles. The van der Waals surface area contributed by atoms with E-state index in [0.29, 0.717) is 11.3 Å². The smallest absolute Gasteiger partial charge is 0.255 e. The maximum Gasteiger partial charge on any atom is 0.255 e. The predicted molar refractivity (Wildman–Crippen MR) is 77.8 cm³/mol. The number of nitrogens with one attached hydrogen (secondary N) is 2. The Morgan fingerprint density at radius 2 is 1.90 bits per heavy atom. The van der Waals surface area contributed by atoms with E-state index >= 15 is 0 Å². The Bertz CT molecular complexity index is 726. The number of amides is 2. The summed E-state index contributed by atoms with van der Waals surface area (Å²) in [6, 6.07) is 10.6. The summed E-state index contributed by atoms with van der Waals surface area (Å²) in [5.41, 5.74) is 2.61. The minimum absolute atomic E-state index is 0.0491. The average molecular weight is 284 g/mol. The summed E-state index contributed by atoms with van der Waals surface area (Å²) in [6.07, 6.45) is 0. The Balaban J connectivity index is 1.81. The number of fused-ring (bicyclic) bond motifs is 1. The number of carbonyl (C=O) groups excluding carboxylic acids is 2. The Kier molecular flexibility index (Phi) is 3.17. The van der Waals surface area contributed by atoms with E-state index in [2.05, 4.69) is 10.6 Å². The number of halogens is 1. The van der Waals surface area contributed by atoms with Crippen LogP contribution in [0.25, 0.3) is 0 Å². The standard InChI is InChI=1S/C16H13FN2O2/c1-9-13-8-12(6-7-14(13)19-15(9)20)18-16(21)10-2-4-11(17)5-3-10/h2-9H,1H3,(H,18,21)(H,19,20). The Morgan fingerprint density at radius 3 is 2.62 bits per heavy atom. The van der Waals surface area contributed by atoms with Crippen molar-refractivity contribution in [3.8, 4) is 0 Å². The second-order valence-electron chi connectivity index (χ2n) is 4.97. The van der Waals surface area contributed by atoms with Crippen molar-refractivity contribution in [2.24, 2.45) is 0 Å². The molecule has 21 heavy (non-hydrogen) atoms. The summed E-state index contributed by atoms with van der Waals surface area (Å²) in [5, 5.41) is 5.51. The van der Waals surface area contributed by atoms with Gasteiger partial charge in [0.25, 0.3) is 5.91 Å². The van der Waals surface area contributed by atoms with Crippen LogP contribution in [-0.2, 0) is 4.79 Å². The maximum atomic E-state index is 12.8. The molecule has 0 saturated carbocycles. The number of hydrogen-bond donors (Lipinski definition) is 2. The molecule has 2 aromatic rings. The van der Waals surface area contributed by atoms with Gasteiger partial charge >= 0.3 is 0 Å². The van der Waals surface area contributed by atoms with Gasteiger partial charge in [0.15, 0.2) is 0 Å². The molecule has 1 aliphatic rings. The highest BCUT2D eigenvalue weighted by Crippen LogP contribution is 2.34. The van der Waals surface area contributed by atoms with Crippen molar-refractivity contribution in [1.82, 2.24) is 0 Å². The number of hydrogen-bond acceptors (Lipinski definition) is 2. The minimum Gasteiger partial charge on any atom is -0.325 e. The second kappa shape index (κ2) is 5.01. The summed E-state index contributed by atoms with van der Waals surface area (Å²) in [5.74, 6) is -0.989. The van der Waals surface area contributed by atoms with E-state index in [1.54, 1.807) is 18.2 Å². The topological polar surface area (TPSA) is 58.2 Å². The molecule has 0 saturated heterocycles. The molecular weight excluding hydrogens is 271 g/mol. The lowest BCUT2D eigenvalue weighted by Gasteiger charge is -2.08. The number of anilines is 2. The second-order valence-corrected chi connectivity index (χ2v) is 4.97. The van der Waals surface area contributed by atoms with E-state index in [-0.39, 0.29) is 23.5 Å². The third kappa shape index (κ3) is 2.50. The van der Waals surface area contributed by atoms with Crippen LogP contribution in [0.1, 0.15) is 28.8 Å². The SMILES string of the molecule is CC1C(=O)Nc2ccc(NC(=O)c3ccc(F)cc3)cc21. The third-order valence-corrected chi connectivity index (χ3v) is 3.53. The summed E-state index contributed by atoms with van der Waals surface area (Å²) in [7, 11) is 0. The van der Waals surface area contributed by atoms with E-state index in [0.717, 1.165) is 11.3 Å². The summed E-state index contributed by atoms with van der Waals surface area (Å²) < 4.78 is 12.8. The van der Waals surface area contributed by atoms with Gasteiger partial charge in [-0.15, -0.1) is 0 Å². The van der Waals surface area contributed by atoms with Crippen LogP contribution >= 0.6 is 0 Å². The Labute approximate surface area is 121 Å². The van der Waals surface area contributed by atoms with Gasteiger partial charge in [0.05, 0.1) is 5.92 Å². The zero-order valence-corrected chi connectivity index (χ0v) is 11.3. The molecule has 1 heterocycles. The van der Waals surface area contributed by atoms with Crippen LogP contribution in [0.15, 0.2) is 42.5 Å². The van der Waals surface area contributed by atoms with Crippen LogP contribution in [0.4, 0.5) is 15.8 Å². The first kappa shape index (κ1) is 13.3. The number of rotatable bonds is 2. The summed E-state index contributed by atoms with van der Waals surface area (Å²) in [4.78, 5) is 23.6. The first-order valence-electron chi connectivity index (χ1n) is 6.56. The van der Waals surface area contributed by atoms with E-state index in [9.17, 15) is 14.0 Å². The van der Waals surface area contributed by atoms with Gasteiger partial charge < -0.3 is 10.6 Å². The van der Waals surface area contributed by atoms with Gasteiger partial charge in [-0.1, -0.05) is 0 Å². The molecule has 4 nitrogen and oxygen atoms in total. The van der Waals surface area contributed by atoms with Crippen molar-refractivity contribution in [2.75, 3.05) is 10.6 Å². The molecular formula is C16H13FN2O2. The lowest BCUT2D eigenvalue weighted by molar-refractivity contribution is -0.116. The molecule has 0 aromatic heterocycles. The van der Waals surface area contributed by atoms with Gasteiger partial charge in [-0.2, -0.15) is 0 Å². The first-order valence-corrected chi connectivity index (χ1v) is 6.56. The summed E-state index contributed by atoms with van der Waals surface area (Å²) >= 11 is 0. The molecule has 0 aliphatic carbocycles. The lowest BCUT2D eigenvalue weighted by atomic mass is 10.0. The highest BCUT2D eigenvalue weighted by Gasteiger charge is 2.26. The molecule has 2 aromatic carbocycles. The van der Waals surface area contributed by atoms with Crippen molar-refractivity contribution < 1.29 is 14.0 Å². The fourth-order valence-electron chi connectivity index (χ4n) is 2.30. The van der Waals surface area contributed by atoms with Crippen LogP contribution < -0.4 is 10.6 Å². The van der Waals surface area contributed by atoms with E-state index < -0.39 is 0 Å². The predicted octanol–water partition coefficient (Wildman–Crippen LogP) is 3.13. The quantitative estimate of drug-likeness (QED) is 0.890. The molecule has 2 amide bonds. The lowest BCUT2D eigenvalue weighted by Crippen LogP contribution is -2.12. The highest BCUT2D eigenvalue weighted by atomic mass is 19.1. The van der Waals surface area contributed by atoms with Gasteiger partial charge in [-0.25, -0.2) is 4.39 Å². The molecule has 0 bridgehead atoms. The molecule has 1 atom stereocenters. The van der Waals surface area contributed by atoms with Crippen molar-refractivity contribution in [1.29, 1.82) is 0 Å². The normalized spacial score (nSPS) is 16.3. The molecule has 5 heteroatoms. The van der Waals surface area contributed by atoms with Crippen LogP contribution in [0.3, 0.4) is 0 Å². The third-order valence-electron chi connectivity index (χ3n) is 3.53. The van der Waals surface area contributed by atoms with Crippen molar-refractivity contribution in [3.05, 3.63) is 59.4 Å². The van der Waals surface area contributed by atoms with Crippen LogP contribution in [0.5, 0.6) is 0 Å². The molecule has 0 spiro atoms. The molecule has 106 valence electrons. The average Bonchev–Trinajstić information content (AvgIpc) is 2.75. The van der Waals surface area contributed by atoms with Gasteiger partial charge in [0.1, 0.15) is 5.82 Å². The fraction of sp³-hybridized carbons (Fsp3) is 0.125. The first-order chi connectivity index (χ1) is 10.0. The van der Waals surface area contributed by atoms with Crippen molar-refractivity contribution >= 4 is 23.2 Å². The largest absolute Gasteiger partial charge is 0.325 e. The van der Waals surface area contributed by atoms with Gasteiger partial charge in [-0.05, 0) is 55.0 Å². The Morgan fingerprint density at radius 1 is 1.19 bits per heavy atom. The van der Waals surface area contributed by atoms with Gasteiger partial charge in [-0.3, -0.25) is 9.59 Å². The van der Waals surface area contributed by atoms with Crippen LogP contribution in [-0.4, -0.2) is 11.8 Å². The molecule has 3 rings (SSSR count). The zero-order chi connectivity index (χ0) is 15.0. The molecule has 1 unspecified atom stereocenters. The van der Waals surface area contributed by atoms with Crippen molar-refractivity contribution in [2.45, 2.75) is 12.8 Å². The van der Waals surface area contributed by atoms with Crippen LogP contribution in [0.2, 0.25) is 0 Å². The zero-order valence-electron chi connectivity index (χ0n) is 11.3. The van der Waals surface area contributed by atoms with E-state index in [1.165, 1.54) is 24.3 Å². The molecule has 0 radical (unpaired) electrons. The summed E-state index contributed by atoms with van der Waals surface area (Å²) in [6.45, 7) is 1.81.